The molecule has 0 aromatic heterocycles. The molecule has 9 heteroatoms. The van der Waals surface area contributed by atoms with Gasteiger partial charge in [-0.25, -0.2) is 0 Å². The summed E-state index contributed by atoms with van der Waals surface area (Å²) in [7, 11) is -2.14. The van der Waals surface area contributed by atoms with Gasteiger partial charge in [-0.2, -0.15) is 17.4 Å². The molecule has 0 aliphatic heterocycles. The third-order valence-corrected chi connectivity index (χ3v) is 3.39. The molecule has 0 bridgehead atoms. The maximum absolute atomic E-state index is 11.7. The molecule has 0 saturated carbocycles. The minimum atomic E-state index is -3.62. The van der Waals surface area contributed by atoms with Crippen molar-refractivity contribution in [2.75, 3.05) is 33.4 Å². The number of nitrogens with one attached hydrogen (secondary N) is 1. The van der Waals surface area contributed by atoms with Crippen molar-refractivity contribution in [1.29, 1.82) is 0 Å². The van der Waals surface area contributed by atoms with E-state index in [1.807, 2.05) is 0 Å². The van der Waals surface area contributed by atoms with Crippen LogP contribution in [0.25, 0.3) is 0 Å². The van der Waals surface area contributed by atoms with Crippen LogP contribution in [0.3, 0.4) is 0 Å². The van der Waals surface area contributed by atoms with Crippen LogP contribution >= 0.6 is 0 Å². The van der Waals surface area contributed by atoms with Crippen LogP contribution in [0.1, 0.15) is 6.92 Å². The third kappa shape index (κ3) is 5.26. The van der Waals surface area contributed by atoms with Crippen LogP contribution in [0.15, 0.2) is 5.16 Å². The highest BCUT2D eigenvalue weighted by molar-refractivity contribution is 7.87. The van der Waals surface area contributed by atoms with Gasteiger partial charge < -0.3 is 15.7 Å². The van der Waals surface area contributed by atoms with Gasteiger partial charge in [-0.05, 0) is 0 Å². The van der Waals surface area contributed by atoms with Crippen LogP contribution in [-0.4, -0.2) is 57.1 Å². The fourth-order valence-corrected chi connectivity index (χ4v) is 2.11. The Balaban J connectivity index is 4.43. The molecular weight excluding hydrogens is 236 g/mol. The lowest BCUT2D eigenvalue weighted by Crippen LogP contribution is -2.45. The second-order valence-corrected chi connectivity index (χ2v) is 4.66. The van der Waals surface area contributed by atoms with Gasteiger partial charge in [0.25, 0.3) is 10.2 Å². The number of nitrogens with zero attached hydrogens (tertiary/aromatic N) is 2. The Labute approximate surface area is 95.2 Å². The Morgan fingerprint density at radius 1 is 1.62 bits per heavy atom. The van der Waals surface area contributed by atoms with Crippen LogP contribution in [0.2, 0.25) is 0 Å². The maximum atomic E-state index is 11.7. The number of nitrogens with two attached hydrogens (primary N) is 1. The summed E-state index contributed by atoms with van der Waals surface area (Å²) in [5, 5.41) is 11.1. The smallest absolute Gasteiger partial charge is 0.279 e. The molecule has 96 valence electrons. The number of hydrogen-bond acceptors (Lipinski definition) is 5. The first-order valence-electron chi connectivity index (χ1n) is 4.68. The predicted molar refractivity (Wildman–Crippen MR) is 59.5 cm³/mol. The van der Waals surface area contributed by atoms with E-state index in [9.17, 15) is 8.42 Å². The van der Waals surface area contributed by atoms with Crippen molar-refractivity contribution in [2.24, 2.45) is 10.9 Å². The van der Waals surface area contributed by atoms with Gasteiger partial charge in [0.05, 0.1) is 13.2 Å². The fourth-order valence-electron chi connectivity index (χ4n) is 0.943. The van der Waals surface area contributed by atoms with Gasteiger partial charge in [-0.15, -0.1) is 0 Å². The van der Waals surface area contributed by atoms with Crippen LogP contribution in [0.4, 0.5) is 0 Å². The monoisotopic (exact) mass is 254 g/mol. The molecule has 0 aliphatic rings. The van der Waals surface area contributed by atoms with Crippen LogP contribution < -0.4 is 10.5 Å². The Morgan fingerprint density at radius 2 is 2.25 bits per heavy atom. The van der Waals surface area contributed by atoms with Crippen molar-refractivity contribution in [2.45, 2.75) is 6.92 Å². The lowest BCUT2D eigenvalue weighted by atomic mass is 10.6. The van der Waals surface area contributed by atoms with E-state index in [-0.39, 0.29) is 32.1 Å². The van der Waals surface area contributed by atoms with E-state index in [1.54, 1.807) is 6.92 Å². The van der Waals surface area contributed by atoms with Gasteiger partial charge in [0.2, 0.25) is 0 Å². The van der Waals surface area contributed by atoms with Crippen LogP contribution in [0.5, 0.6) is 0 Å². The highest BCUT2D eigenvalue weighted by Crippen LogP contribution is 1.96. The standard InChI is InChI=1S/C7H18N4O4S/c1-3-11(6-7(8)10-12)16(13,14)9-4-5-15-2/h9,12H,3-6H2,1-2H3,(H2,8,10). The molecule has 0 rings (SSSR count). The number of methoxy groups -OCH3 is 1. The summed E-state index contributed by atoms with van der Waals surface area (Å²) in [5.74, 6) is -0.168. The Hall–Kier alpha value is -0.900. The molecule has 4 N–H and O–H groups in total. The van der Waals surface area contributed by atoms with Gasteiger partial charge in [-0.1, -0.05) is 12.1 Å². The van der Waals surface area contributed by atoms with E-state index in [1.165, 1.54) is 7.11 Å². The average Bonchev–Trinajstić information content (AvgIpc) is 2.25. The summed E-state index contributed by atoms with van der Waals surface area (Å²) < 4.78 is 31.4. The zero-order valence-electron chi connectivity index (χ0n) is 9.38. The first-order valence-corrected chi connectivity index (χ1v) is 6.12. The molecule has 0 atom stereocenters. The summed E-state index contributed by atoms with van der Waals surface area (Å²) in [4.78, 5) is 0. The summed E-state index contributed by atoms with van der Waals surface area (Å²) in [6.45, 7) is 2.17. The molecule has 0 spiro atoms. The van der Waals surface area contributed by atoms with Crippen LogP contribution in [0, 0.1) is 0 Å². The van der Waals surface area contributed by atoms with Crippen molar-refractivity contribution in [1.82, 2.24) is 9.03 Å². The molecule has 0 fully saturated rings. The molecule has 8 nitrogen and oxygen atoms in total. The Bertz CT molecular complexity index is 316. The lowest BCUT2D eigenvalue weighted by molar-refractivity contribution is 0.204. The molecule has 0 radical (unpaired) electrons. The van der Waals surface area contributed by atoms with E-state index >= 15 is 0 Å². The molecule has 0 aliphatic carbocycles. The van der Waals surface area contributed by atoms with Crippen molar-refractivity contribution < 1.29 is 18.4 Å². The molecule has 16 heavy (non-hydrogen) atoms. The largest absolute Gasteiger partial charge is 0.409 e. The average molecular weight is 254 g/mol. The minimum absolute atomic E-state index is 0.157. The Kier molecular flexibility index (Phi) is 6.97. The van der Waals surface area contributed by atoms with Crippen molar-refractivity contribution in [3.63, 3.8) is 0 Å². The Morgan fingerprint density at radius 3 is 2.69 bits per heavy atom. The topological polar surface area (TPSA) is 117 Å². The van der Waals surface area contributed by atoms with E-state index < -0.39 is 10.2 Å². The molecule has 0 unspecified atom stereocenters. The van der Waals surface area contributed by atoms with E-state index in [2.05, 4.69) is 9.88 Å². The van der Waals surface area contributed by atoms with Crippen molar-refractivity contribution in [3.8, 4) is 0 Å². The van der Waals surface area contributed by atoms with Gasteiger partial charge >= 0.3 is 0 Å². The van der Waals surface area contributed by atoms with Crippen molar-refractivity contribution >= 4 is 16.0 Å². The summed E-state index contributed by atoms with van der Waals surface area (Å²) in [5.41, 5.74) is 5.24. The zero-order chi connectivity index (χ0) is 12.6. The third-order valence-electron chi connectivity index (χ3n) is 1.75. The molecule has 0 aromatic rings. The molecule has 0 aromatic carbocycles. The quantitative estimate of drug-likeness (QED) is 0.161. The first kappa shape index (κ1) is 15.1. The maximum Gasteiger partial charge on any atom is 0.279 e. The van der Waals surface area contributed by atoms with Gasteiger partial charge in [0, 0.05) is 20.2 Å². The fraction of sp³-hybridized carbons (Fsp3) is 0.857. The highest BCUT2D eigenvalue weighted by atomic mass is 32.2. The highest BCUT2D eigenvalue weighted by Gasteiger charge is 2.20. The second-order valence-electron chi connectivity index (χ2n) is 2.91. The first-order chi connectivity index (χ1) is 7.47. The van der Waals surface area contributed by atoms with Crippen molar-refractivity contribution in [3.05, 3.63) is 0 Å². The van der Waals surface area contributed by atoms with Crippen LogP contribution in [-0.2, 0) is 14.9 Å². The number of likely N-dealkylation sites (N-methyl/N-ethyl adjacent to an activating group) is 1. The van der Waals surface area contributed by atoms with Gasteiger partial charge in [0.1, 0.15) is 0 Å². The number of amidine groups is 1. The zero-order valence-corrected chi connectivity index (χ0v) is 10.2. The van der Waals surface area contributed by atoms with E-state index in [0.717, 1.165) is 4.31 Å². The summed E-state index contributed by atoms with van der Waals surface area (Å²) in [6, 6.07) is 0. The molecular formula is C7H18N4O4S. The van der Waals surface area contributed by atoms with Gasteiger partial charge in [0.15, 0.2) is 5.84 Å². The summed E-state index contributed by atoms with van der Waals surface area (Å²) >= 11 is 0. The predicted octanol–water partition coefficient (Wildman–Crippen LogP) is -1.46. The molecule has 0 saturated heterocycles. The molecule has 0 amide bonds. The lowest BCUT2D eigenvalue weighted by Gasteiger charge is -2.19. The van der Waals surface area contributed by atoms with Gasteiger partial charge in [-0.3, -0.25) is 0 Å². The molecule has 0 heterocycles. The van der Waals surface area contributed by atoms with E-state index in [0.29, 0.717) is 0 Å². The number of hydrogen-bond donors (Lipinski definition) is 3. The second kappa shape index (κ2) is 7.39. The normalized spacial score (nSPS) is 13.3. The number of oxime groups is 1. The number of ether oxygens (including phenoxy) is 1. The van der Waals surface area contributed by atoms with E-state index in [4.69, 9.17) is 15.7 Å². The minimum Gasteiger partial charge on any atom is -0.409 e. The number of rotatable bonds is 8. The SMILES string of the molecule is CCN(CC(N)=NO)S(=O)(=O)NCCOC. The summed E-state index contributed by atoms with van der Waals surface area (Å²) in [6.07, 6.45) is 0.